The SMILES string of the molecule is Cc1cccc(NC(c2ccccn2)c2ccc3cccnc3c2O)c1C. The number of aromatic hydroxyl groups is 1. The second kappa shape index (κ2) is 7.08. The van der Waals surface area contributed by atoms with Crippen LogP contribution >= 0.6 is 0 Å². The first kappa shape index (κ1) is 17.0. The summed E-state index contributed by atoms with van der Waals surface area (Å²) in [5.41, 5.74) is 5.59. The lowest BCUT2D eigenvalue weighted by atomic mass is 9.98. The van der Waals surface area contributed by atoms with Crippen molar-refractivity contribution in [3.8, 4) is 5.75 Å². The van der Waals surface area contributed by atoms with Gasteiger partial charge in [0.05, 0.1) is 11.7 Å². The van der Waals surface area contributed by atoms with Crippen LogP contribution in [0.2, 0.25) is 0 Å². The Morgan fingerprint density at radius 1 is 0.852 bits per heavy atom. The molecule has 4 aromatic rings. The first-order valence-electron chi connectivity index (χ1n) is 8.95. The van der Waals surface area contributed by atoms with Gasteiger partial charge in [0.15, 0.2) is 0 Å². The molecule has 2 aromatic heterocycles. The Labute approximate surface area is 158 Å². The molecule has 0 fully saturated rings. The highest BCUT2D eigenvalue weighted by Gasteiger charge is 2.21. The summed E-state index contributed by atoms with van der Waals surface area (Å²) in [5, 5.41) is 15.4. The molecule has 4 heteroatoms. The molecule has 0 aliphatic heterocycles. The first-order valence-corrected chi connectivity index (χ1v) is 8.95. The molecule has 2 N–H and O–H groups in total. The van der Waals surface area contributed by atoms with Crippen LogP contribution in [0.5, 0.6) is 5.75 Å². The number of phenols is 1. The molecule has 0 saturated carbocycles. The molecule has 0 aliphatic rings. The van der Waals surface area contributed by atoms with E-state index in [-0.39, 0.29) is 11.8 Å². The molecule has 4 nitrogen and oxygen atoms in total. The molecule has 1 atom stereocenters. The molecule has 0 amide bonds. The van der Waals surface area contributed by atoms with Crippen LogP contribution in [0.4, 0.5) is 5.69 Å². The molecule has 2 heterocycles. The van der Waals surface area contributed by atoms with Crippen molar-refractivity contribution in [2.45, 2.75) is 19.9 Å². The van der Waals surface area contributed by atoms with E-state index < -0.39 is 0 Å². The molecule has 2 aromatic carbocycles. The average molecular weight is 355 g/mol. The molecule has 27 heavy (non-hydrogen) atoms. The van der Waals surface area contributed by atoms with Gasteiger partial charge in [-0.3, -0.25) is 9.97 Å². The lowest BCUT2D eigenvalue weighted by molar-refractivity contribution is 0.471. The summed E-state index contributed by atoms with van der Waals surface area (Å²) < 4.78 is 0. The van der Waals surface area contributed by atoms with Crippen molar-refractivity contribution in [2.24, 2.45) is 0 Å². The van der Waals surface area contributed by atoms with E-state index in [1.807, 2.05) is 48.5 Å². The summed E-state index contributed by atoms with van der Waals surface area (Å²) in [4.78, 5) is 8.89. The first-order chi connectivity index (χ1) is 13.1. The molecule has 0 radical (unpaired) electrons. The quantitative estimate of drug-likeness (QED) is 0.531. The van der Waals surface area contributed by atoms with Crippen LogP contribution in [0.25, 0.3) is 10.9 Å². The maximum absolute atomic E-state index is 11.0. The van der Waals surface area contributed by atoms with E-state index in [1.54, 1.807) is 12.4 Å². The van der Waals surface area contributed by atoms with E-state index in [2.05, 4.69) is 41.3 Å². The summed E-state index contributed by atoms with van der Waals surface area (Å²) in [6.45, 7) is 4.18. The maximum Gasteiger partial charge on any atom is 0.147 e. The molecule has 0 aliphatic carbocycles. The standard InChI is InChI=1S/C23H21N3O/c1-15-7-5-10-19(16(15)2)26-22(20-9-3-4-13-24-20)18-12-11-17-8-6-14-25-21(17)23(18)27/h3-14,22,26-27H,1-2H3. The lowest BCUT2D eigenvalue weighted by Crippen LogP contribution is -2.15. The van der Waals surface area contributed by atoms with Gasteiger partial charge in [0.25, 0.3) is 0 Å². The number of aromatic nitrogens is 2. The van der Waals surface area contributed by atoms with Gasteiger partial charge < -0.3 is 10.4 Å². The molecule has 134 valence electrons. The number of rotatable bonds is 4. The monoisotopic (exact) mass is 355 g/mol. The van der Waals surface area contributed by atoms with E-state index in [0.717, 1.165) is 22.3 Å². The van der Waals surface area contributed by atoms with Crippen molar-refractivity contribution in [3.63, 3.8) is 0 Å². The fourth-order valence-electron chi connectivity index (χ4n) is 3.30. The van der Waals surface area contributed by atoms with Crippen LogP contribution in [0.15, 0.2) is 73.1 Å². The Balaban J connectivity index is 1.86. The minimum absolute atomic E-state index is 0.182. The fraction of sp³-hybridized carbons (Fsp3) is 0.130. The third kappa shape index (κ3) is 3.22. The summed E-state index contributed by atoms with van der Waals surface area (Å²) >= 11 is 0. The van der Waals surface area contributed by atoms with Crippen molar-refractivity contribution >= 4 is 16.6 Å². The van der Waals surface area contributed by atoms with Crippen molar-refractivity contribution in [1.82, 2.24) is 9.97 Å². The number of pyridine rings is 2. The molecule has 4 rings (SSSR count). The number of hydrogen-bond donors (Lipinski definition) is 2. The fourth-order valence-corrected chi connectivity index (χ4v) is 3.30. The zero-order valence-electron chi connectivity index (χ0n) is 15.3. The van der Waals surface area contributed by atoms with Gasteiger partial charge in [-0.2, -0.15) is 0 Å². The average Bonchev–Trinajstić information content (AvgIpc) is 2.71. The highest BCUT2D eigenvalue weighted by atomic mass is 16.3. The topological polar surface area (TPSA) is 58.0 Å². The van der Waals surface area contributed by atoms with Crippen LogP contribution in [-0.2, 0) is 0 Å². The van der Waals surface area contributed by atoms with Crippen molar-refractivity contribution in [2.75, 3.05) is 5.32 Å². The van der Waals surface area contributed by atoms with Crippen LogP contribution in [-0.4, -0.2) is 15.1 Å². The van der Waals surface area contributed by atoms with Crippen LogP contribution < -0.4 is 5.32 Å². The van der Waals surface area contributed by atoms with Gasteiger partial charge in [-0.15, -0.1) is 0 Å². The number of nitrogens with zero attached hydrogens (tertiary/aromatic N) is 2. The third-order valence-corrected chi connectivity index (χ3v) is 4.98. The number of fused-ring (bicyclic) bond motifs is 1. The highest BCUT2D eigenvalue weighted by Crippen LogP contribution is 2.36. The highest BCUT2D eigenvalue weighted by molar-refractivity contribution is 5.86. The zero-order chi connectivity index (χ0) is 18.8. The summed E-state index contributed by atoms with van der Waals surface area (Å²) in [7, 11) is 0. The van der Waals surface area contributed by atoms with Crippen molar-refractivity contribution in [1.29, 1.82) is 0 Å². The van der Waals surface area contributed by atoms with Gasteiger partial charge in [0, 0.05) is 29.0 Å². The molecule has 0 saturated heterocycles. The van der Waals surface area contributed by atoms with Gasteiger partial charge >= 0.3 is 0 Å². The maximum atomic E-state index is 11.0. The number of hydrogen-bond acceptors (Lipinski definition) is 4. The number of anilines is 1. The predicted molar refractivity (Wildman–Crippen MR) is 109 cm³/mol. The summed E-state index contributed by atoms with van der Waals surface area (Å²) in [5.74, 6) is 0.182. The Morgan fingerprint density at radius 2 is 1.70 bits per heavy atom. The number of aryl methyl sites for hydroxylation is 1. The van der Waals surface area contributed by atoms with E-state index in [4.69, 9.17) is 0 Å². The third-order valence-electron chi connectivity index (χ3n) is 4.98. The Hall–Kier alpha value is -3.40. The molecule has 0 bridgehead atoms. The van der Waals surface area contributed by atoms with Gasteiger partial charge in [0.1, 0.15) is 11.3 Å². The van der Waals surface area contributed by atoms with Gasteiger partial charge in [-0.05, 0) is 49.2 Å². The zero-order valence-corrected chi connectivity index (χ0v) is 15.3. The summed E-state index contributed by atoms with van der Waals surface area (Å²) in [6, 6.07) is 19.4. The van der Waals surface area contributed by atoms with E-state index in [0.29, 0.717) is 5.52 Å². The minimum Gasteiger partial charge on any atom is -0.505 e. The number of benzene rings is 2. The summed E-state index contributed by atoms with van der Waals surface area (Å²) in [6.07, 6.45) is 3.46. The van der Waals surface area contributed by atoms with Gasteiger partial charge in [-0.25, -0.2) is 0 Å². The molecule has 1 unspecified atom stereocenters. The van der Waals surface area contributed by atoms with Gasteiger partial charge in [0.2, 0.25) is 0 Å². The second-order valence-corrected chi connectivity index (χ2v) is 6.66. The van der Waals surface area contributed by atoms with Crippen LogP contribution in [0.3, 0.4) is 0 Å². The number of nitrogens with one attached hydrogen (secondary N) is 1. The van der Waals surface area contributed by atoms with Crippen LogP contribution in [0, 0.1) is 13.8 Å². The molecule has 0 spiro atoms. The minimum atomic E-state index is -0.293. The largest absolute Gasteiger partial charge is 0.505 e. The van der Waals surface area contributed by atoms with E-state index in [9.17, 15) is 5.11 Å². The van der Waals surface area contributed by atoms with Crippen LogP contribution in [0.1, 0.15) is 28.4 Å². The smallest absolute Gasteiger partial charge is 0.147 e. The Morgan fingerprint density at radius 3 is 2.52 bits per heavy atom. The lowest BCUT2D eigenvalue weighted by Gasteiger charge is -2.23. The number of phenolic OH excluding ortho intramolecular Hbond substituents is 1. The normalized spacial score (nSPS) is 12.1. The predicted octanol–water partition coefficient (Wildman–Crippen LogP) is 5.15. The van der Waals surface area contributed by atoms with Gasteiger partial charge in [-0.1, -0.05) is 36.4 Å². The Kier molecular flexibility index (Phi) is 4.47. The van der Waals surface area contributed by atoms with Crippen molar-refractivity contribution < 1.29 is 5.11 Å². The second-order valence-electron chi connectivity index (χ2n) is 6.66. The Bertz CT molecular complexity index is 1090. The van der Waals surface area contributed by atoms with E-state index >= 15 is 0 Å². The van der Waals surface area contributed by atoms with E-state index in [1.165, 1.54) is 11.1 Å². The van der Waals surface area contributed by atoms with Crippen molar-refractivity contribution in [3.05, 3.63) is 95.4 Å². The molecular weight excluding hydrogens is 334 g/mol. The molecular formula is C23H21N3O.